The van der Waals surface area contributed by atoms with Crippen molar-refractivity contribution in [2.24, 2.45) is 5.92 Å². The SMILES string of the molecule is CCNc1nc(N(C)C)nc(N(CC)CC(C)CC)n1. The summed E-state index contributed by atoms with van der Waals surface area (Å²) >= 11 is 0. The van der Waals surface area contributed by atoms with Gasteiger partial charge in [-0.3, -0.25) is 0 Å². The van der Waals surface area contributed by atoms with Gasteiger partial charge in [0.25, 0.3) is 0 Å². The van der Waals surface area contributed by atoms with Crippen LogP contribution in [0, 0.1) is 5.92 Å². The van der Waals surface area contributed by atoms with E-state index in [1.54, 1.807) is 0 Å². The molecule has 0 aliphatic rings. The molecular weight excluding hydrogens is 252 g/mol. The average molecular weight is 280 g/mol. The highest BCUT2D eigenvalue weighted by Gasteiger charge is 2.15. The van der Waals surface area contributed by atoms with E-state index in [1.165, 1.54) is 0 Å². The largest absolute Gasteiger partial charge is 0.354 e. The second-order valence-electron chi connectivity index (χ2n) is 5.24. The topological polar surface area (TPSA) is 57.2 Å². The first-order valence-electron chi connectivity index (χ1n) is 7.43. The van der Waals surface area contributed by atoms with E-state index in [0.717, 1.165) is 32.0 Å². The Kier molecular flexibility index (Phi) is 6.48. The summed E-state index contributed by atoms with van der Waals surface area (Å²) in [5, 5.41) is 3.17. The zero-order valence-corrected chi connectivity index (χ0v) is 13.6. The molecule has 0 saturated carbocycles. The first kappa shape index (κ1) is 16.5. The highest BCUT2D eigenvalue weighted by atomic mass is 15.3. The van der Waals surface area contributed by atoms with Crippen molar-refractivity contribution in [2.75, 3.05) is 48.8 Å². The van der Waals surface area contributed by atoms with Gasteiger partial charge in [-0.15, -0.1) is 0 Å². The van der Waals surface area contributed by atoms with E-state index in [0.29, 0.717) is 17.8 Å². The lowest BCUT2D eigenvalue weighted by molar-refractivity contribution is 0.542. The lowest BCUT2D eigenvalue weighted by Gasteiger charge is -2.25. The quantitative estimate of drug-likeness (QED) is 0.788. The van der Waals surface area contributed by atoms with Crippen LogP contribution in [0.25, 0.3) is 0 Å². The van der Waals surface area contributed by atoms with Crippen LogP contribution in [0.3, 0.4) is 0 Å². The number of hydrogen-bond donors (Lipinski definition) is 1. The minimum absolute atomic E-state index is 0.622. The molecule has 6 nitrogen and oxygen atoms in total. The third kappa shape index (κ3) is 4.51. The molecule has 1 N–H and O–H groups in total. The van der Waals surface area contributed by atoms with Gasteiger partial charge in [-0.25, -0.2) is 0 Å². The second-order valence-corrected chi connectivity index (χ2v) is 5.24. The van der Waals surface area contributed by atoms with Crippen molar-refractivity contribution in [2.45, 2.75) is 34.1 Å². The van der Waals surface area contributed by atoms with E-state index < -0.39 is 0 Å². The number of hydrogen-bond acceptors (Lipinski definition) is 6. The van der Waals surface area contributed by atoms with Crippen LogP contribution in [0.2, 0.25) is 0 Å². The molecule has 114 valence electrons. The molecule has 1 rings (SSSR count). The van der Waals surface area contributed by atoms with Crippen molar-refractivity contribution < 1.29 is 0 Å². The van der Waals surface area contributed by atoms with Gasteiger partial charge < -0.3 is 15.1 Å². The van der Waals surface area contributed by atoms with Gasteiger partial charge in [0.2, 0.25) is 17.8 Å². The first-order valence-corrected chi connectivity index (χ1v) is 7.43. The van der Waals surface area contributed by atoms with Crippen molar-refractivity contribution in [3.8, 4) is 0 Å². The lowest BCUT2D eigenvalue weighted by atomic mass is 10.1. The number of anilines is 3. The van der Waals surface area contributed by atoms with E-state index in [1.807, 2.05) is 25.9 Å². The number of nitrogens with zero attached hydrogens (tertiary/aromatic N) is 5. The molecule has 0 aromatic carbocycles. The van der Waals surface area contributed by atoms with Crippen LogP contribution in [0.4, 0.5) is 17.8 Å². The van der Waals surface area contributed by atoms with E-state index in [9.17, 15) is 0 Å². The standard InChI is InChI=1S/C14H28N6/c1-7-11(4)10-20(9-3)14-17-12(15-8-2)16-13(18-14)19(5)6/h11H,7-10H2,1-6H3,(H,15,16,17,18). The molecule has 0 saturated heterocycles. The van der Waals surface area contributed by atoms with Crippen LogP contribution in [-0.4, -0.2) is 48.7 Å². The Morgan fingerprint density at radius 3 is 2.20 bits per heavy atom. The summed E-state index contributed by atoms with van der Waals surface area (Å²) in [5.74, 6) is 2.71. The van der Waals surface area contributed by atoms with Crippen LogP contribution < -0.4 is 15.1 Å². The molecule has 20 heavy (non-hydrogen) atoms. The van der Waals surface area contributed by atoms with Gasteiger partial charge >= 0.3 is 0 Å². The van der Waals surface area contributed by atoms with E-state index in [2.05, 4.69) is 45.9 Å². The maximum Gasteiger partial charge on any atom is 0.231 e. The summed E-state index contributed by atoms with van der Waals surface area (Å²) in [5.41, 5.74) is 0. The summed E-state index contributed by atoms with van der Waals surface area (Å²) in [7, 11) is 3.89. The Labute approximate surface area is 122 Å². The summed E-state index contributed by atoms with van der Waals surface area (Å²) in [6, 6.07) is 0. The lowest BCUT2D eigenvalue weighted by Crippen LogP contribution is -2.31. The molecule has 1 aromatic rings. The molecule has 1 unspecified atom stereocenters. The third-order valence-corrected chi connectivity index (χ3v) is 3.24. The van der Waals surface area contributed by atoms with Crippen molar-refractivity contribution >= 4 is 17.8 Å². The van der Waals surface area contributed by atoms with Gasteiger partial charge in [-0.2, -0.15) is 15.0 Å². The molecule has 0 aliphatic carbocycles. The summed E-state index contributed by atoms with van der Waals surface area (Å²) < 4.78 is 0. The van der Waals surface area contributed by atoms with E-state index >= 15 is 0 Å². The average Bonchev–Trinajstić information content (AvgIpc) is 2.44. The van der Waals surface area contributed by atoms with Gasteiger partial charge in [-0.05, 0) is 19.8 Å². The minimum Gasteiger partial charge on any atom is -0.354 e. The maximum absolute atomic E-state index is 4.56. The molecule has 0 amide bonds. The fraction of sp³-hybridized carbons (Fsp3) is 0.786. The van der Waals surface area contributed by atoms with Crippen molar-refractivity contribution in [3.63, 3.8) is 0 Å². The fourth-order valence-corrected chi connectivity index (χ4v) is 1.79. The van der Waals surface area contributed by atoms with Gasteiger partial charge in [0.1, 0.15) is 0 Å². The molecule has 0 spiro atoms. The molecule has 6 heteroatoms. The molecule has 0 bridgehead atoms. The Bertz CT molecular complexity index is 407. The number of aromatic nitrogens is 3. The number of rotatable bonds is 8. The molecule has 1 heterocycles. The summed E-state index contributed by atoms with van der Waals surface area (Å²) in [6.45, 7) is 11.3. The predicted molar refractivity (Wildman–Crippen MR) is 85.7 cm³/mol. The molecular formula is C14H28N6. The molecule has 1 aromatic heterocycles. The van der Waals surface area contributed by atoms with Crippen LogP contribution in [0.5, 0.6) is 0 Å². The van der Waals surface area contributed by atoms with Crippen molar-refractivity contribution in [1.82, 2.24) is 15.0 Å². The van der Waals surface area contributed by atoms with Gasteiger partial charge in [0.15, 0.2) is 0 Å². The normalized spacial score (nSPS) is 12.1. The van der Waals surface area contributed by atoms with E-state index in [-0.39, 0.29) is 0 Å². The molecule has 0 aliphatic heterocycles. The smallest absolute Gasteiger partial charge is 0.231 e. The van der Waals surface area contributed by atoms with Gasteiger partial charge in [-0.1, -0.05) is 20.3 Å². The highest BCUT2D eigenvalue weighted by Crippen LogP contribution is 2.17. The molecule has 1 atom stereocenters. The third-order valence-electron chi connectivity index (χ3n) is 3.24. The minimum atomic E-state index is 0.622. The van der Waals surface area contributed by atoms with Crippen LogP contribution in [0.15, 0.2) is 0 Å². The molecule has 0 radical (unpaired) electrons. The Hall–Kier alpha value is -1.59. The van der Waals surface area contributed by atoms with Crippen LogP contribution in [-0.2, 0) is 0 Å². The van der Waals surface area contributed by atoms with E-state index in [4.69, 9.17) is 0 Å². The summed E-state index contributed by atoms with van der Waals surface area (Å²) in [6.07, 6.45) is 1.15. The fourth-order valence-electron chi connectivity index (χ4n) is 1.79. The predicted octanol–water partition coefficient (Wildman–Crippen LogP) is 2.24. The molecule has 0 fully saturated rings. The first-order chi connectivity index (χ1) is 9.51. The van der Waals surface area contributed by atoms with Crippen molar-refractivity contribution in [1.29, 1.82) is 0 Å². The van der Waals surface area contributed by atoms with Crippen LogP contribution in [0.1, 0.15) is 34.1 Å². The Balaban J connectivity index is 3.06. The number of nitrogens with one attached hydrogen (secondary N) is 1. The Morgan fingerprint density at radius 1 is 1.05 bits per heavy atom. The van der Waals surface area contributed by atoms with Gasteiger partial charge in [0.05, 0.1) is 0 Å². The zero-order chi connectivity index (χ0) is 15.1. The van der Waals surface area contributed by atoms with Crippen LogP contribution >= 0.6 is 0 Å². The maximum atomic E-state index is 4.56. The monoisotopic (exact) mass is 280 g/mol. The highest BCUT2D eigenvalue weighted by molar-refractivity contribution is 5.44. The van der Waals surface area contributed by atoms with Gasteiger partial charge in [0, 0.05) is 33.7 Å². The summed E-state index contributed by atoms with van der Waals surface area (Å²) in [4.78, 5) is 17.6. The second kappa shape index (κ2) is 7.87. The van der Waals surface area contributed by atoms with Crippen molar-refractivity contribution in [3.05, 3.63) is 0 Å². The zero-order valence-electron chi connectivity index (χ0n) is 13.6. The Morgan fingerprint density at radius 2 is 1.70 bits per heavy atom.